The fraction of sp³-hybridized carbons (Fsp3) is 0.583. The zero-order valence-electron chi connectivity index (χ0n) is 9.74. The first-order valence-electron chi connectivity index (χ1n) is 5.77. The van der Waals surface area contributed by atoms with Crippen molar-refractivity contribution >= 4 is 17.2 Å². The van der Waals surface area contributed by atoms with E-state index in [4.69, 9.17) is 5.73 Å². The number of amides is 1. The van der Waals surface area contributed by atoms with E-state index in [2.05, 4.69) is 5.32 Å². The monoisotopic (exact) mass is 240 g/mol. The lowest BCUT2D eigenvalue weighted by Crippen LogP contribution is -2.25. The minimum absolute atomic E-state index is 0.127. The number of unbranched alkanes of at least 4 members (excludes halogenated alkanes) is 2. The van der Waals surface area contributed by atoms with Crippen molar-refractivity contribution in [1.82, 2.24) is 5.32 Å². The van der Waals surface area contributed by atoms with Gasteiger partial charge in [-0.25, -0.2) is 0 Å². The highest BCUT2D eigenvalue weighted by molar-refractivity contribution is 7.10. The van der Waals surface area contributed by atoms with Crippen molar-refractivity contribution in [2.24, 2.45) is 5.73 Å². The van der Waals surface area contributed by atoms with Crippen molar-refractivity contribution < 1.29 is 4.79 Å². The summed E-state index contributed by atoms with van der Waals surface area (Å²) in [5, 5.41) is 5.03. The van der Waals surface area contributed by atoms with Crippen molar-refractivity contribution in [3.8, 4) is 0 Å². The maximum atomic E-state index is 11.6. The first kappa shape index (κ1) is 13.2. The summed E-state index contributed by atoms with van der Waals surface area (Å²) in [6, 6.07) is 4.18. The van der Waals surface area contributed by atoms with Gasteiger partial charge in [0.15, 0.2) is 0 Å². The molecule has 0 aliphatic rings. The molecule has 1 aromatic heterocycles. The summed E-state index contributed by atoms with van der Waals surface area (Å²) in [6.45, 7) is 2.73. The Morgan fingerprint density at radius 3 is 2.94 bits per heavy atom. The summed E-state index contributed by atoms with van der Waals surface area (Å²) >= 11 is 1.67. The maximum Gasteiger partial charge on any atom is 0.220 e. The summed E-state index contributed by atoms with van der Waals surface area (Å²) in [5.74, 6) is 0.137. The van der Waals surface area contributed by atoms with Gasteiger partial charge in [-0.15, -0.1) is 11.3 Å². The fourth-order valence-corrected chi connectivity index (χ4v) is 2.26. The molecule has 0 aromatic carbocycles. The Morgan fingerprint density at radius 1 is 1.50 bits per heavy atom. The molecule has 1 unspecified atom stereocenters. The van der Waals surface area contributed by atoms with Gasteiger partial charge < -0.3 is 11.1 Å². The molecule has 1 amide bonds. The van der Waals surface area contributed by atoms with E-state index in [9.17, 15) is 4.79 Å². The van der Waals surface area contributed by atoms with Gasteiger partial charge in [-0.2, -0.15) is 0 Å². The smallest absolute Gasteiger partial charge is 0.220 e. The predicted octanol–water partition coefficient (Wildman–Crippen LogP) is 2.44. The number of rotatable bonds is 7. The standard InChI is InChI=1S/C12H20N2OS/c1-10(11-6-5-9-16-11)14-12(15)7-3-2-4-8-13/h5-6,9-10H,2-4,7-8,13H2,1H3,(H,14,15). The molecule has 0 aliphatic heterocycles. The first-order chi connectivity index (χ1) is 7.74. The van der Waals surface area contributed by atoms with Crippen LogP contribution >= 0.6 is 11.3 Å². The van der Waals surface area contributed by atoms with Gasteiger partial charge in [0.25, 0.3) is 0 Å². The molecule has 0 fully saturated rings. The summed E-state index contributed by atoms with van der Waals surface area (Å²) in [5.41, 5.74) is 5.39. The van der Waals surface area contributed by atoms with Crippen LogP contribution in [0, 0.1) is 0 Å². The highest BCUT2D eigenvalue weighted by Gasteiger charge is 2.09. The molecular weight excluding hydrogens is 220 g/mol. The molecule has 1 heterocycles. The van der Waals surface area contributed by atoms with Crippen molar-refractivity contribution in [2.75, 3.05) is 6.54 Å². The fourth-order valence-electron chi connectivity index (χ4n) is 1.53. The van der Waals surface area contributed by atoms with Gasteiger partial charge in [0.05, 0.1) is 6.04 Å². The zero-order valence-corrected chi connectivity index (χ0v) is 10.6. The Hall–Kier alpha value is -0.870. The highest BCUT2D eigenvalue weighted by Crippen LogP contribution is 2.18. The number of carbonyl (C=O) groups excluding carboxylic acids is 1. The molecule has 0 saturated heterocycles. The molecule has 3 nitrogen and oxygen atoms in total. The Kier molecular flexibility index (Phi) is 6.11. The molecule has 0 aliphatic carbocycles. The second-order valence-corrected chi connectivity index (χ2v) is 4.88. The average Bonchev–Trinajstić information content (AvgIpc) is 2.77. The zero-order chi connectivity index (χ0) is 11.8. The third-order valence-electron chi connectivity index (χ3n) is 2.46. The number of nitrogens with two attached hydrogens (primary N) is 1. The number of carbonyl (C=O) groups is 1. The molecule has 1 rings (SSSR count). The van der Waals surface area contributed by atoms with E-state index in [-0.39, 0.29) is 11.9 Å². The van der Waals surface area contributed by atoms with Gasteiger partial charge in [-0.1, -0.05) is 12.5 Å². The van der Waals surface area contributed by atoms with Crippen LogP contribution in [0.25, 0.3) is 0 Å². The minimum Gasteiger partial charge on any atom is -0.349 e. The van der Waals surface area contributed by atoms with E-state index in [0.717, 1.165) is 19.3 Å². The van der Waals surface area contributed by atoms with Gasteiger partial charge in [0.2, 0.25) is 5.91 Å². The van der Waals surface area contributed by atoms with Gasteiger partial charge in [0.1, 0.15) is 0 Å². The molecule has 0 radical (unpaired) electrons. The quantitative estimate of drug-likeness (QED) is 0.719. The molecule has 1 aromatic rings. The number of nitrogens with one attached hydrogen (secondary N) is 1. The third kappa shape index (κ3) is 4.77. The second kappa shape index (κ2) is 7.41. The number of hydrogen-bond acceptors (Lipinski definition) is 3. The van der Waals surface area contributed by atoms with Crippen LogP contribution in [0.5, 0.6) is 0 Å². The molecule has 1 atom stereocenters. The Bertz CT molecular complexity index is 298. The normalized spacial score (nSPS) is 12.4. The van der Waals surface area contributed by atoms with Crippen molar-refractivity contribution in [3.63, 3.8) is 0 Å². The van der Waals surface area contributed by atoms with E-state index in [0.29, 0.717) is 13.0 Å². The van der Waals surface area contributed by atoms with Crippen LogP contribution in [0.4, 0.5) is 0 Å². The van der Waals surface area contributed by atoms with Gasteiger partial charge in [-0.3, -0.25) is 4.79 Å². The second-order valence-electron chi connectivity index (χ2n) is 3.90. The van der Waals surface area contributed by atoms with Crippen LogP contribution in [0.3, 0.4) is 0 Å². The molecule has 3 N–H and O–H groups in total. The summed E-state index contributed by atoms with van der Waals surface area (Å²) < 4.78 is 0. The Balaban J connectivity index is 2.19. The number of thiophene rings is 1. The van der Waals surface area contributed by atoms with Crippen LogP contribution in [0.15, 0.2) is 17.5 Å². The molecular formula is C12H20N2OS. The van der Waals surface area contributed by atoms with E-state index >= 15 is 0 Å². The lowest BCUT2D eigenvalue weighted by atomic mass is 10.2. The minimum atomic E-state index is 0.127. The number of hydrogen-bond donors (Lipinski definition) is 2. The summed E-state index contributed by atoms with van der Waals surface area (Å²) in [6.07, 6.45) is 3.58. The van der Waals surface area contributed by atoms with Gasteiger partial charge in [0, 0.05) is 11.3 Å². The van der Waals surface area contributed by atoms with Crippen molar-refractivity contribution in [2.45, 2.75) is 38.6 Å². The van der Waals surface area contributed by atoms with Crippen molar-refractivity contribution in [1.29, 1.82) is 0 Å². The molecule has 0 spiro atoms. The van der Waals surface area contributed by atoms with E-state index in [1.165, 1.54) is 4.88 Å². The summed E-state index contributed by atoms with van der Waals surface area (Å²) in [4.78, 5) is 12.8. The van der Waals surface area contributed by atoms with Gasteiger partial charge >= 0.3 is 0 Å². The van der Waals surface area contributed by atoms with E-state index < -0.39 is 0 Å². The Labute approximate surface area is 101 Å². The van der Waals surface area contributed by atoms with Crippen LogP contribution in [0.1, 0.15) is 43.5 Å². The largest absolute Gasteiger partial charge is 0.349 e. The predicted molar refractivity (Wildman–Crippen MR) is 68.4 cm³/mol. The molecule has 90 valence electrons. The molecule has 0 bridgehead atoms. The average molecular weight is 240 g/mol. The Morgan fingerprint density at radius 2 is 2.31 bits per heavy atom. The first-order valence-corrected chi connectivity index (χ1v) is 6.65. The van der Waals surface area contributed by atoms with Crippen LogP contribution < -0.4 is 11.1 Å². The van der Waals surface area contributed by atoms with Gasteiger partial charge in [-0.05, 0) is 37.8 Å². The maximum absolute atomic E-state index is 11.6. The van der Waals surface area contributed by atoms with E-state index in [1.54, 1.807) is 11.3 Å². The van der Waals surface area contributed by atoms with Crippen molar-refractivity contribution in [3.05, 3.63) is 22.4 Å². The lowest BCUT2D eigenvalue weighted by molar-refractivity contribution is -0.121. The van der Waals surface area contributed by atoms with Crippen LogP contribution in [-0.4, -0.2) is 12.5 Å². The highest BCUT2D eigenvalue weighted by atomic mass is 32.1. The van der Waals surface area contributed by atoms with Crippen LogP contribution in [0.2, 0.25) is 0 Å². The van der Waals surface area contributed by atoms with E-state index in [1.807, 2.05) is 24.4 Å². The SMILES string of the molecule is CC(NC(=O)CCCCCN)c1cccs1. The molecule has 0 saturated carbocycles. The molecule has 4 heteroatoms. The molecule has 16 heavy (non-hydrogen) atoms. The topological polar surface area (TPSA) is 55.1 Å². The van der Waals surface area contributed by atoms with Crippen LogP contribution in [-0.2, 0) is 4.79 Å². The third-order valence-corrected chi connectivity index (χ3v) is 3.51. The lowest BCUT2D eigenvalue weighted by Gasteiger charge is -2.11. The summed E-state index contributed by atoms with van der Waals surface area (Å²) in [7, 11) is 0.